The summed E-state index contributed by atoms with van der Waals surface area (Å²) in [5.74, 6) is -0.186. The molecule has 0 aliphatic rings. The van der Waals surface area contributed by atoms with Crippen LogP contribution in [0.15, 0.2) is 36.4 Å². The molecule has 2 aromatic rings. The lowest BCUT2D eigenvalue weighted by Crippen LogP contribution is -2.11. The van der Waals surface area contributed by atoms with E-state index in [0.717, 1.165) is 28.7 Å². The highest BCUT2D eigenvalue weighted by atomic mass is 19.3. The molecule has 0 aromatic heterocycles. The summed E-state index contributed by atoms with van der Waals surface area (Å²) in [5, 5.41) is 0. The van der Waals surface area contributed by atoms with Gasteiger partial charge in [0.2, 0.25) is 0 Å². The molecular weight excluding hydrogens is 326 g/mol. The molecule has 3 nitrogen and oxygen atoms in total. The van der Waals surface area contributed by atoms with E-state index < -0.39 is 6.43 Å². The van der Waals surface area contributed by atoms with Crippen molar-refractivity contribution in [3.63, 3.8) is 0 Å². The van der Waals surface area contributed by atoms with Gasteiger partial charge in [0.15, 0.2) is 0 Å². The third kappa shape index (κ3) is 4.78. The molecule has 5 heteroatoms. The van der Waals surface area contributed by atoms with Crippen molar-refractivity contribution in [2.75, 3.05) is 7.11 Å². The predicted octanol–water partition coefficient (Wildman–Crippen LogP) is 4.79. The fourth-order valence-electron chi connectivity index (χ4n) is 2.72. The Balaban J connectivity index is 2.30. The summed E-state index contributed by atoms with van der Waals surface area (Å²) >= 11 is 0. The maximum Gasteiger partial charge on any atom is 0.309 e. The summed E-state index contributed by atoms with van der Waals surface area (Å²) in [6.07, 6.45) is -1.73. The minimum atomic E-state index is -2.61. The summed E-state index contributed by atoms with van der Waals surface area (Å²) in [6, 6.07) is 10.4. The van der Waals surface area contributed by atoms with Gasteiger partial charge < -0.3 is 9.47 Å². The molecule has 0 aliphatic heterocycles. The van der Waals surface area contributed by atoms with Crippen molar-refractivity contribution >= 4 is 5.97 Å². The summed E-state index contributed by atoms with van der Waals surface area (Å²) < 4.78 is 36.9. The van der Waals surface area contributed by atoms with Crippen LogP contribution in [-0.4, -0.2) is 13.1 Å². The Morgan fingerprint density at radius 1 is 1.16 bits per heavy atom. The van der Waals surface area contributed by atoms with Gasteiger partial charge in [-0.25, -0.2) is 8.78 Å². The number of methoxy groups -OCH3 is 1. The number of hydrogen-bond donors (Lipinski definition) is 0. The number of halogens is 2. The highest BCUT2D eigenvalue weighted by molar-refractivity contribution is 5.73. The van der Waals surface area contributed by atoms with E-state index in [1.165, 1.54) is 13.2 Å². The predicted molar refractivity (Wildman–Crippen MR) is 92.0 cm³/mol. The molecule has 0 bridgehead atoms. The molecule has 0 unspecified atom stereocenters. The van der Waals surface area contributed by atoms with Gasteiger partial charge in [-0.3, -0.25) is 4.79 Å². The number of benzene rings is 2. The van der Waals surface area contributed by atoms with Crippen molar-refractivity contribution < 1.29 is 23.0 Å². The largest absolute Gasteiger partial charge is 0.488 e. The van der Waals surface area contributed by atoms with Crippen molar-refractivity contribution in [1.29, 1.82) is 0 Å². The van der Waals surface area contributed by atoms with E-state index in [1.807, 2.05) is 25.1 Å². The summed E-state index contributed by atoms with van der Waals surface area (Å²) in [4.78, 5) is 11.6. The van der Waals surface area contributed by atoms with Crippen LogP contribution in [0.25, 0.3) is 0 Å². The van der Waals surface area contributed by atoms with E-state index in [4.69, 9.17) is 9.47 Å². The van der Waals surface area contributed by atoms with Crippen LogP contribution < -0.4 is 4.74 Å². The van der Waals surface area contributed by atoms with E-state index >= 15 is 0 Å². The molecule has 0 amide bonds. The van der Waals surface area contributed by atoms with Crippen LogP contribution in [0.5, 0.6) is 5.75 Å². The zero-order chi connectivity index (χ0) is 18.4. The standard InChI is InChI=1S/C20H22F2O3/c1-4-14-6-5-7-15(11-19(23)24-3)17(14)12-25-18-9-8-13(2)10-16(18)20(21)22/h5-10,20H,4,11-12H2,1-3H3. The molecule has 0 spiro atoms. The van der Waals surface area contributed by atoms with E-state index in [0.29, 0.717) is 0 Å². The van der Waals surface area contributed by atoms with E-state index in [2.05, 4.69) is 0 Å². The Bertz CT molecular complexity index is 742. The maximum absolute atomic E-state index is 13.2. The summed E-state index contributed by atoms with van der Waals surface area (Å²) in [5.41, 5.74) is 3.28. The molecular formula is C20H22F2O3. The number of esters is 1. The van der Waals surface area contributed by atoms with E-state index in [-0.39, 0.29) is 30.3 Å². The van der Waals surface area contributed by atoms with E-state index in [9.17, 15) is 13.6 Å². The number of carbonyl (C=O) groups excluding carboxylic acids is 1. The molecule has 0 radical (unpaired) electrons. The second-order valence-corrected chi connectivity index (χ2v) is 5.79. The molecule has 0 heterocycles. The van der Waals surface area contributed by atoms with Crippen LogP contribution in [0.2, 0.25) is 0 Å². The van der Waals surface area contributed by atoms with Crippen molar-refractivity contribution in [3.05, 3.63) is 64.2 Å². The molecule has 25 heavy (non-hydrogen) atoms. The monoisotopic (exact) mass is 348 g/mol. The van der Waals surface area contributed by atoms with Gasteiger partial charge in [0, 0.05) is 0 Å². The van der Waals surface area contributed by atoms with Gasteiger partial charge in [0.05, 0.1) is 19.1 Å². The topological polar surface area (TPSA) is 35.5 Å². The highest BCUT2D eigenvalue weighted by Crippen LogP contribution is 2.31. The first kappa shape index (κ1) is 18.9. The van der Waals surface area contributed by atoms with Crippen molar-refractivity contribution in [1.82, 2.24) is 0 Å². The van der Waals surface area contributed by atoms with Gasteiger partial charge in [0.1, 0.15) is 12.4 Å². The lowest BCUT2D eigenvalue weighted by atomic mass is 9.97. The second kappa shape index (κ2) is 8.60. The maximum atomic E-state index is 13.2. The van der Waals surface area contributed by atoms with Gasteiger partial charge in [-0.15, -0.1) is 0 Å². The van der Waals surface area contributed by atoms with Crippen LogP contribution in [0.1, 0.15) is 41.2 Å². The Morgan fingerprint density at radius 3 is 2.52 bits per heavy atom. The fourth-order valence-corrected chi connectivity index (χ4v) is 2.72. The Hall–Kier alpha value is -2.43. The molecule has 0 atom stereocenters. The third-order valence-corrected chi connectivity index (χ3v) is 4.09. The third-order valence-electron chi connectivity index (χ3n) is 4.09. The number of ether oxygens (including phenoxy) is 2. The molecule has 2 rings (SSSR count). The zero-order valence-corrected chi connectivity index (χ0v) is 14.6. The van der Waals surface area contributed by atoms with Crippen molar-refractivity contribution in [3.8, 4) is 5.75 Å². The molecule has 0 saturated heterocycles. The Morgan fingerprint density at radius 2 is 1.88 bits per heavy atom. The van der Waals surface area contributed by atoms with Crippen molar-refractivity contribution in [2.45, 2.75) is 39.7 Å². The number of aryl methyl sites for hydroxylation is 2. The van der Waals surface area contributed by atoms with Gasteiger partial charge in [-0.1, -0.05) is 36.8 Å². The minimum Gasteiger partial charge on any atom is -0.488 e. The fraction of sp³-hybridized carbons (Fsp3) is 0.350. The van der Waals surface area contributed by atoms with Gasteiger partial charge in [0.25, 0.3) is 6.43 Å². The first-order valence-corrected chi connectivity index (χ1v) is 8.14. The highest BCUT2D eigenvalue weighted by Gasteiger charge is 2.16. The molecule has 0 saturated carbocycles. The number of hydrogen-bond acceptors (Lipinski definition) is 3. The average Bonchev–Trinajstić information content (AvgIpc) is 2.60. The number of alkyl halides is 2. The number of rotatable bonds is 7. The molecule has 2 aromatic carbocycles. The SMILES string of the molecule is CCc1cccc(CC(=O)OC)c1COc1ccc(C)cc1C(F)F. The lowest BCUT2D eigenvalue weighted by Gasteiger charge is -2.16. The van der Waals surface area contributed by atoms with Gasteiger partial charge in [-0.2, -0.15) is 0 Å². The molecule has 0 fully saturated rings. The van der Waals surface area contributed by atoms with Crippen LogP contribution in [0.3, 0.4) is 0 Å². The quantitative estimate of drug-likeness (QED) is 0.675. The van der Waals surface area contributed by atoms with Gasteiger partial charge in [-0.05, 0) is 42.2 Å². The van der Waals surface area contributed by atoms with Crippen LogP contribution in [0, 0.1) is 6.92 Å². The zero-order valence-electron chi connectivity index (χ0n) is 14.6. The lowest BCUT2D eigenvalue weighted by molar-refractivity contribution is -0.139. The Kier molecular flexibility index (Phi) is 6.51. The number of carbonyl (C=O) groups is 1. The van der Waals surface area contributed by atoms with Crippen LogP contribution in [0.4, 0.5) is 8.78 Å². The summed E-state index contributed by atoms with van der Waals surface area (Å²) in [7, 11) is 1.34. The molecule has 134 valence electrons. The minimum absolute atomic E-state index is 0.122. The first-order valence-electron chi connectivity index (χ1n) is 8.14. The first-order chi connectivity index (χ1) is 12.0. The summed E-state index contributed by atoms with van der Waals surface area (Å²) in [6.45, 7) is 3.88. The molecule has 0 N–H and O–H groups in total. The average molecular weight is 348 g/mol. The van der Waals surface area contributed by atoms with Gasteiger partial charge >= 0.3 is 5.97 Å². The Labute approximate surface area is 146 Å². The van der Waals surface area contributed by atoms with E-state index in [1.54, 1.807) is 19.1 Å². The van der Waals surface area contributed by atoms with Crippen LogP contribution >= 0.6 is 0 Å². The second-order valence-electron chi connectivity index (χ2n) is 5.79. The molecule has 0 aliphatic carbocycles. The van der Waals surface area contributed by atoms with Crippen molar-refractivity contribution in [2.24, 2.45) is 0 Å². The smallest absolute Gasteiger partial charge is 0.309 e. The normalized spacial score (nSPS) is 10.8. The van der Waals surface area contributed by atoms with Crippen LogP contribution in [-0.2, 0) is 29.0 Å².